The average Bonchev–Trinajstić information content (AvgIpc) is 2.58. The standard InChI is InChI=1S/C14H25NO4/c1-9(2)14(11(16)17)8-6-7-10(14)15-12(18)19-13(3,4)5/h9-10H,6-8H2,1-5H3,(H,15,18)(H,16,17). The number of hydrogen-bond donors (Lipinski definition) is 2. The first-order chi connectivity index (χ1) is 8.59. The van der Waals surface area contributed by atoms with Crippen molar-refractivity contribution in [1.29, 1.82) is 0 Å². The van der Waals surface area contributed by atoms with Crippen LogP contribution in [-0.2, 0) is 9.53 Å². The second-order valence-corrected chi connectivity index (χ2v) is 6.59. The van der Waals surface area contributed by atoms with Crippen LogP contribution in [-0.4, -0.2) is 28.8 Å². The number of aliphatic carboxylic acids is 1. The molecule has 110 valence electrons. The summed E-state index contributed by atoms with van der Waals surface area (Å²) in [6, 6.07) is -0.361. The molecule has 0 aliphatic heterocycles. The van der Waals surface area contributed by atoms with Gasteiger partial charge in [-0.2, -0.15) is 0 Å². The van der Waals surface area contributed by atoms with E-state index in [4.69, 9.17) is 4.74 Å². The van der Waals surface area contributed by atoms with Crippen molar-refractivity contribution in [3.63, 3.8) is 0 Å². The molecule has 1 rings (SSSR count). The molecule has 1 fully saturated rings. The van der Waals surface area contributed by atoms with Gasteiger partial charge in [-0.1, -0.05) is 20.3 Å². The monoisotopic (exact) mass is 271 g/mol. The molecule has 0 aromatic heterocycles. The largest absolute Gasteiger partial charge is 0.481 e. The minimum absolute atomic E-state index is 0.0348. The van der Waals surface area contributed by atoms with Crippen LogP contribution in [0.4, 0.5) is 4.79 Å². The zero-order chi connectivity index (χ0) is 14.8. The van der Waals surface area contributed by atoms with E-state index in [9.17, 15) is 14.7 Å². The van der Waals surface area contributed by atoms with Gasteiger partial charge in [0.1, 0.15) is 5.60 Å². The third-order valence-corrected chi connectivity index (χ3v) is 3.82. The number of nitrogens with one attached hydrogen (secondary N) is 1. The van der Waals surface area contributed by atoms with E-state index in [0.29, 0.717) is 12.8 Å². The highest BCUT2D eigenvalue weighted by Crippen LogP contribution is 2.44. The minimum Gasteiger partial charge on any atom is -0.481 e. The zero-order valence-corrected chi connectivity index (χ0v) is 12.4. The van der Waals surface area contributed by atoms with E-state index in [-0.39, 0.29) is 12.0 Å². The van der Waals surface area contributed by atoms with Crippen molar-refractivity contribution in [2.24, 2.45) is 11.3 Å². The van der Waals surface area contributed by atoms with Gasteiger partial charge in [0.15, 0.2) is 0 Å². The molecule has 0 aromatic carbocycles. The zero-order valence-electron chi connectivity index (χ0n) is 12.4. The molecule has 5 nitrogen and oxygen atoms in total. The number of rotatable bonds is 3. The number of carbonyl (C=O) groups excluding carboxylic acids is 1. The summed E-state index contributed by atoms with van der Waals surface area (Å²) in [5.74, 6) is -0.867. The van der Waals surface area contributed by atoms with Crippen molar-refractivity contribution in [1.82, 2.24) is 5.32 Å². The molecule has 0 radical (unpaired) electrons. The van der Waals surface area contributed by atoms with Gasteiger partial charge in [0.2, 0.25) is 0 Å². The van der Waals surface area contributed by atoms with Crippen LogP contribution in [0.25, 0.3) is 0 Å². The van der Waals surface area contributed by atoms with Crippen molar-refractivity contribution < 1.29 is 19.4 Å². The average molecular weight is 271 g/mol. The van der Waals surface area contributed by atoms with Crippen LogP contribution in [0.1, 0.15) is 53.9 Å². The van der Waals surface area contributed by atoms with Crippen LogP contribution < -0.4 is 5.32 Å². The summed E-state index contributed by atoms with van der Waals surface area (Å²) >= 11 is 0. The molecule has 2 unspecified atom stereocenters. The topological polar surface area (TPSA) is 75.6 Å². The van der Waals surface area contributed by atoms with Crippen molar-refractivity contribution in [3.05, 3.63) is 0 Å². The van der Waals surface area contributed by atoms with E-state index in [1.807, 2.05) is 13.8 Å². The summed E-state index contributed by atoms with van der Waals surface area (Å²) in [5, 5.41) is 12.3. The lowest BCUT2D eigenvalue weighted by Crippen LogP contribution is -2.52. The molecule has 0 heterocycles. The highest BCUT2D eigenvalue weighted by atomic mass is 16.6. The van der Waals surface area contributed by atoms with Gasteiger partial charge in [-0.3, -0.25) is 4.79 Å². The predicted octanol–water partition coefficient (Wildman–Crippen LogP) is 2.79. The third-order valence-electron chi connectivity index (χ3n) is 3.82. The molecule has 0 saturated heterocycles. The van der Waals surface area contributed by atoms with Gasteiger partial charge in [0.25, 0.3) is 0 Å². The van der Waals surface area contributed by atoms with E-state index >= 15 is 0 Å². The van der Waals surface area contributed by atoms with E-state index in [0.717, 1.165) is 6.42 Å². The summed E-state index contributed by atoms with van der Waals surface area (Å²) < 4.78 is 5.21. The number of carboxylic acids is 1. The summed E-state index contributed by atoms with van der Waals surface area (Å²) in [5.41, 5.74) is -1.46. The summed E-state index contributed by atoms with van der Waals surface area (Å²) in [6.45, 7) is 9.14. The van der Waals surface area contributed by atoms with Crippen LogP contribution >= 0.6 is 0 Å². The lowest BCUT2D eigenvalue weighted by Gasteiger charge is -2.35. The lowest BCUT2D eigenvalue weighted by molar-refractivity contribution is -0.153. The number of ether oxygens (including phenoxy) is 1. The Kier molecular flexibility index (Phi) is 4.48. The van der Waals surface area contributed by atoms with Crippen LogP contribution in [0.15, 0.2) is 0 Å². The van der Waals surface area contributed by atoms with Crippen LogP contribution in [0, 0.1) is 11.3 Å². The maximum atomic E-state index is 11.8. The molecule has 1 aliphatic rings. The van der Waals surface area contributed by atoms with Crippen LogP contribution in [0.3, 0.4) is 0 Å². The molecule has 1 saturated carbocycles. The Labute approximate surface area is 114 Å². The fourth-order valence-electron chi connectivity index (χ4n) is 2.88. The molecule has 2 atom stereocenters. The fourth-order valence-corrected chi connectivity index (χ4v) is 2.88. The van der Waals surface area contributed by atoms with E-state index in [1.165, 1.54) is 0 Å². The van der Waals surface area contributed by atoms with Crippen molar-refractivity contribution in [2.45, 2.75) is 65.5 Å². The number of amides is 1. The quantitative estimate of drug-likeness (QED) is 0.827. The van der Waals surface area contributed by atoms with E-state index in [2.05, 4.69) is 5.32 Å². The molecule has 1 amide bonds. The Bertz CT molecular complexity index is 359. The molecule has 0 spiro atoms. The minimum atomic E-state index is -0.878. The predicted molar refractivity (Wildman–Crippen MR) is 71.9 cm³/mol. The molecule has 0 bridgehead atoms. The maximum Gasteiger partial charge on any atom is 0.407 e. The van der Waals surface area contributed by atoms with Gasteiger partial charge >= 0.3 is 12.1 Å². The Balaban J connectivity index is 2.82. The van der Waals surface area contributed by atoms with Crippen molar-refractivity contribution in [3.8, 4) is 0 Å². The SMILES string of the molecule is CC(C)C1(C(=O)O)CCCC1NC(=O)OC(C)(C)C. The van der Waals surface area contributed by atoms with E-state index < -0.39 is 23.1 Å². The highest BCUT2D eigenvalue weighted by molar-refractivity contribution is 5.78. The second-order valence-electron chi connectivity index (χ2n) is 6.59. The normalized spacial score (nSPS) is 27.4. The van der Waals surface area contributed by atoms with Gasteiger partial charge in [-0.05, 0) is 39.5 Å². The number of carboxylic acid groups (broad SMARTS) is 1. The summed E-state index contributed by atoms with van der Waals surface area (Å²) in [6.07, 6.45) is 1.56. The smallest absolute Gasteiger partial charge is 0.407 e. The first-order valence-corrected chi connectivity index (χ1v) is 6.82. The van der Waals surface area contributed by atoms with Gasteiger partial charge in [-0.25, -0.2) is 4.79 Å². The molecular formula is C14H25NO4. The van der Waals surface area contributed by atoms with Crippen molar-refractivity contribution >= 4 is 12.1 Å². The van der Waals surface area contributed by atoms with Gasteiger partial charge in [0, 0.05) is 6.04 Å². The van der Waals surface area contributed by atoms with Crippen molar-refractivity contribution in [2.75, 3.05) is 0 Å². The Morgan fingerprint density at radius 2 is 1.95 bits per heavy atom. The summed E-state index contributed by atoms with van der Waals surface area (Å²) in [4.78, 5) is 23.5. The number of carbonyl (C=O) groups is 2. The summed E-state index contributed by atoms with van der Waals surface area (Å²) in [7, 11) is 0. The fraction of sp³-hybridized carbons (Fsp3) is 0.857. The van der Waals surface area contributed by atoms with Gasteiger partial charge in [0.05, 0.1) is 5.41 Å². The first kappa shape index (κ1) is 15.8. The Morgan fingerprint density at radius 3 is 2.37 bits per heavy atom. The molecule has 0 aromatic rings. The number of hydrogen-bond acceptors (Lipinski definition) is 3. The molecule has 19 heavy (non-hydrogen) atoms. The molecule has 1 aliphatic carbocycles. The molecule has 2 N–H and O–H groups in total. The van der Waals surface area contributed by atoms with Gasteiger partial charge < -0.3 is 15.2 Å². The van der Waals surface area contributed by atoms with Crippen LogP contribution in [0.5, 0.6) is 0 Å². The maximum absolute atomic E-state index is 11.8. The Hall–Kier alpha value is -1.26. The lowest BCUT2D eigenvalue weighted by atomic mass is 9.73. The Morgan fingerprint density at radius 1 is 1.37 bits per heavy atom. The molecular weight excluding hydrogens is 246 g/mol. The van der Waals surface area contributed by atoms with Crippen LogP contribution in [0.2, 0.25) is 0 Å². The third kappa shape index (κ3) is 3.39. The van der Waals surface area contributed by atoms with Gasteiger partial charge in [-0.15, -0.1) is 0 Å². The highest BCUT2D eigenvalue weighted by Gasteiger charge is 2.52. The first-order valence-electron chi connectivity index (χ1n) is 6.82. The second kappa shape index (κ2) is 5.39. The number of alkyl carbamates (subject to hydrolysis) is 1. The van der Waals surface area contributed by atoms with E-state index in [1.54, 1.807) is 20.8 Å². The molecule has 5 heteroatoms.